The van der Waals surface area contributed by atoms with E-state index in [1.807, 2.05) is 30.3 Å². The molecular weight excluding hydrogens is 394 g/mol. The van der Waals surface area contributed by atoms with Crippen LogP contribution in [0.15, 0.2) is 30.3 Å². The maximum atomic E-state index is 13.4. The van der Waals surface area contributed by atoms with Crippen molar-refractivity contribution in [1.29, 1.82) is 0 Å². The topological polar surface area (TPSA) is 98.8 Å². The number of benzene rings is 1. The van der Waals surface area contributed by atoms with Gasteiger partial charge in [0.25, 0.3) is 0 Å². The summed E-state index contributed by atoms with van der Waals surface area (Å²) in [7, 11) is -3.65. The van der Waals surface area contributed by atoms with Crippen LogP contribution in [0.5, 0.6) is 0 Å². The molecule has 0 radical (unpaired) electrons. The van der Waals surface area contributed by atoms with Crippen LogP contribution in [0.1, 0.15) is 44.6 Å². The van der Waals surface area contributed by atoms with Crippen molar-refractivity contribution in [3.05, 3.63) is 35.9 Å². The maximum absolute atomic E-state index is 13.4. The Kier molecular flexibility index (Phi) is 4.30. The molecule has 2 bridgehead atoms. The first-order chi connectivity index (χ1) is 13.8. The van der Waals surface area contributed by atoms with E-state index in [4.69, 9.17) is 9.47 Å². The van der Waals surface area contributed by atoms with Crippen molar-refractivity contribution in [2.24, 2.45) is 17.8 Å². The summed E-state index contributed by atoms with van der Waals surface area (Å²) in [6.07, 6.45) is 3.32. The van der Waals surface area contributed by atoms with Crippen LogP contribution >= 0.6 is 0 Å². The highest BCUT2D eigenvalue weighted by molar-refractivity contribution is 7.90. The summed E-state index contributed by atoms with van der Waals surface area (Å²) in [5, 5.41) is -0.800. The van der Waals surface area contributed by atoms with Crippen molar-refractivity contribution in [3.8, 4) is 0 Å². The zero-order chi connectivity index (χ0) is 20.4. The lowest BCUT2D eigenvalue weighted by Crippen LogP contribution is -2.48. The van der Waals surface area contributed by atoms with Gasteiger partial charge in [0.05, 0.1) is 17.2 Å². The van der Waals surface area contributed by atoms with E-state index < -0.39 is 50.9 Å². The summed E-state index contributed by atoms with van der Waals surface area (Å²) in [4.78, 5) is 25.0. The second kappa shape index (κ2) is 6.54. The van der Waals surface area contributed by atoms with Gasteiger partial charge in [-0.3, -0.25) is 9.59 Å². The Bertz CT molecular complexity index is 939. The van der Waals surface area contributed by atoms with E-state index in [0.29, 0.717) is 6.42 Å². The van der Waals surface area contributed by atoms with Crippen LogP contribution in [0, 0.1) is 17.8 Å². The molecule has 8 heteroatoms. The molecule has 1 aliphatic heterocycles. The fourth-order valence-electron chi connectivity index (χ4n) is 6.21. The van der Waals surface area contributed by atoms with Crippen molar-refractivity contribution in [3.63, 3.8) is 0 Å². The highest BCUT2D eigenvalue weighted by Gasteiger charge is 2.71. The predicted octanol–water partition coefficient (Wildman–Crippen LogP) is 1.87. The number of ether oxygens (including phenoxy) is 2. The lowest BCUT2D eigenvalue weighted by atomic mass is 9.83. The number of rotatable bonds is 4. The van der Waals surface area contributed by atoms with Gasteiger partial charge in [-0.15, -0.1) is 0 Å². The van der Waals surface area contributed by atoms with Crippen molar-refractivity contribution in [2.75, 3.05) is 0 Å². The number of hydrogen-bond acceptors (Lipinski definition) is 6. The number of nitrogens with one attached hydrogen (secondary N) is 1. The summed E-state index contributed by atoms with van der Waals surface area (Å²) in [6, 6.07) is 9.26. The second-order valence-electron chi connectivity index (χ2n) is 8.81. The molecule has 3 saturated carbocycles. The smallest absolute Gasteiger partial charge is 0.311 e. The molecule has 0 amide bonds. The summed E-state index contributed by atoms with van der Waals surface area (Å²) in [5.41, 5.74) is 0.252. The molecule has 156 valence electrons. The number of carbonyl (C=O) groups is 2. The highest BCUT2D eigenvalue weighted by atomic mass is 32.2. The first kappa shape index (κ1) is 19.1. The fourth-order valence-corrected chi connectivity index (χ4v) is 8.49. The lowest BCUT2D eigenvalue weighted by Gasteiger charge is -2.35. The summed E-state index contributed by atoms with van der Waals surface area (Å²) in [6.45, 7) is 1.31. The van der Waals surface area contributed by atoms with Crippen LogP contribution < -0.4 is 4.72 Å². The quantitative estimate of drug-likeness (QED) is 0.748. The second-order valence-corrected chi connectivity index (χ2v) is 10.7. The molecule has 0 spiro atoms. The Hall–Kier alpha value is -1.93. The molecule has 3 aliphatic carbocycles. The average Bonchev–Trinajstić information content (AvgIpc) is 3.40. The maximum Gasteiger partial charge on any atom is 0.311 e. The Morgan fingerprint density at radius 1 is 1.10 bits per heavy atom. The van der Waals surface area contributed by atoms with Gasteiger partial charge in [0.15, 0.2) is 0 Å². The van der Waals surface area contributed by atoms with Crippen LogP contribution in [0.4, 0.5) is 0 Å². The number of hydrogen-bond donors (Lipinski definition) is 1. The predicted molar refractivity (Wildman–Crippen MR) is 103 cm³/mol. The minimum Gasteiger partial charge on any atom is -0.461 e. The zero-order valence-electron chi connectivity index (χ0n) is 16.2. The highest BCUT2D eigenvalue weighted by Crippen LogP contribution is 2.57. The van der Waals surface area contributed by atoms with E-state index in [0.717, 1.165) is 31.2 Å². The molecule has 5 rings (SSSR count). The summed E-state index contributed by atoms with van der Waals surface area (Å²) >= 11 is 0. The van der Waals surface area contributed by atoms with Crippen LogP contribution in [-0.4, -0.2) is 37.8 Å². The Balaban J connectivity index is 1.47. The van der Waals surface area contributed by atoms with Gasteiger partial charge in [-0.25, -0.2) is 13.1 Å². The van der Waals surface area contributed by atoms with Crippen molar-refractivity contribution in [2.45, 2.75) is 62.0 Å². The third kappa shape index (κ3) is 2.83. The Morgan fingerprint density at radius 2 is 1.79 bits per heavy atom. The first-order valence-corrected chi connectivity index (χ1v) is 11.8. The van der Waals surface area contributed by atoms with Gasteiger partial charge in [-0.05, 0) is 43.6 Å². The van der Waals surface area contributed by atoms with Gasteiger partial charge in [-0.2, -0.15) is 0 Å². The van der Waals surface area contributed by atoms with Gasteiger partial charge < -0.3 is 9.47 Å². The number of sulfonamides is 1. The monoisotopic (exact) mass is 419 g/mol. The normalized spacial score (nSPS) is 38.1. The molecule has 6 unspecified atom stereocenters. The molecular formula is C21H25NO6S. The van der Waals surface area contributed by atoms with E-state index in [1.54, 1.807) is 0 Å². The third-order valence-electron chi connectivity index (χ3n) is 7.26. The third-order valence-corrected chi connectivity index (χ3v) is 9.22. The molecule has 6 atom stereocenters. The molecule has 29 heavy (non-hydrogen) atoms. The van der Waals surface area contributed by atoms with Crippen molar-refractivity contribution < 1.29 is 27.5 Å². The Labute approximate surface area is 170 Å². The molecule has 4 fully saturated rings. The SMILES string of the molecule is CC(=O)OC1C2CC3C1NS(=O)(=O)C3C2C(=O)OC1(c2ccccc2)CCCC1. The van der Waals surface area contributed by atoms with Gasteiger partial charge in [0.2, 0.25) is 10.0 Å². The van der Waals surface area contributed by atoms with Crippen molar-refractivity contribution in [1.82, 2.24) is 4.72 Å². The van der Waals surface area contributed by atoms with Crippen LogP contribution in [0.3, 0.4) is 0 Å². The van der Waals surface area contributed by atoms with Gasteiger partial charge in [0.1, 0.15) is 11.7 Å². The number of esters is 2. The molecule has 1 saturated heterocycles. The standard InChI is InChI=1S/C21H25NO6S/c1-12(23)27-18-14-11-15-17(18)22-29(25,26)19(15)16(14)20(24)28-21(9-5-6-10-21)13-7-3-2-4-8-13/h2-4,7-8,14-19,22H,5-6,9-11H2,1H3. The van der Waals surface area contributed by atoms with Gasteiger partial charge >= 0.3 is 11.9 Å². The van der Waals surface area contributed by atoms with Crippen LogP contribution in [0.2, 0.25) is 0 Å². The van der Waals surface area contributed by atoms with Crippen molar-refractivity contribution >= 4 is 22.0 Å². The van der Waals surface area contributed by atoms with Gasteiger partial charge in [-0.1, -0.05) is 30.3 Å². The molecule has 1 aromatic rings. The fraction of sp³-hybridized carbons (Fsp3) is 0.619. The average molecular weight is 419 g/mol. The minimum atomic E-state index is -3.65. The molecule has 7 nitrogen and oxygen atoms in total. The van der Waals surface area contributed by atoms with E-state index >= 15 is 0 Å². The summed E-state index contributed by atoms with van der Waals surface area (Å²) < 4.78 is 39.8. The molecule has 0 aromatic heterocycles. The molecule has 1 N–H and O–H groups in total. The first-order valence-electron chi connectivity index (χ1n) is 10.3. The zero-order valence-corrected chi connectivity index (χ0v) is 17.1. The number of fused-ring (bicyclic) bond motifs is 1. The minimum absolute atomic E-state index is 0.219. The largest absolute Gasteiger partial charge is 0.461 e. The van der Waals surface area contributed by atoms with Gasteiger partial charge in [0, 0.05) is 12.8 Å². The lowest BCUT2D eigenvalue weighted by molar-refractivity contribution is -0.172. The van der Waals surface area contributed by atoms with Crippen LogP contribution in [0.25, 0.3) is 0 Å². The van der Waals surface area contributed by atoms with E-state index in [9.17, 15) is 18.0 Å². The molecule has 1 aromatic carbocycles. The van der Waals surface area contributed by atoms with E-state index in [1.165, 1.54) is 6.92 Å². The van der Waals surface area contributed by atoms with E-state index in [-0.39, 0.29) is 11.8 Å². The summed E-state index contributed by atoms with van der Waals surface area (Å²) in [5.74, 6) is -2.29. The Morgan fingerprint density at radius 3 is 2.45 bits per heavy atom. The van der Waals surface area contributed by atoms with Crippen LogP contribution in [-0.2, 0) is 34.7 Å². The number of carbonyl (C=O) groups excluding carboxylic acids is 2. The molecule has 4 aliphatic rings. The molecule has 1 heterocycles. The van der Waals surface area contributed by atoms with E-state index in [2.05, 4.69) is 4.72 Å².